The Bertz CT molecular complexity index is 457. The number of carbonyl (C=O) groups is 1. The van der Waals surface area contributed by atoms with Crippen LogP contribution >= 0.6 is 0 Å². The Balaban J connectivity index is 1.99. The van der Waals surface area contributed by atoms with Crippen LogP contribution in [0.25, 0.3) is 0 Å². The number of rotatable bonds is 7. The van der Waals surface area contributed by atoms with Crippen molar-refractivity contribution in [1.82, 2.24) is 9.88 Å². The summed E-state index contributed by atoms with van der Waals surface area (Å²) in [5.74, 6) is 0.814. The Morgan fingerprint density at radius 1 is 1.40 bits per heavy atom. The van der Waals surface area contributed by atoms with Crippen LogP contribution in [-0.4, -0.2) is 34.9 Å². The standard InChI is InChI=1S/C16H25N3O/c1-4-7-12-10-14(12)18-13-8-9-17-15(11-13)16(20)19(5-2)6-3/h8-9,11-12,14H,4-7,10H2,1-3H3,(H,17,18). The highest BCUT2D eigenvalue weighted by Crippen LogP contribution is 2.37. The summed E-state index contributed by atoms with van der Waals surface area (Å²) in [5, 5.41) is 3.51. The largest absolute Gasteiger partial charge is 0.382 e. The van der Waals surface area contributed by atoms with Gasteiger partial charge in [-0.1, -0.05) is 13.3 Å². The van der Waals surface area contributed by atoms with E-state index < -0.39 is 0 Å². The molecular weight excluding hydrogens is 250 g/mol. The Hall–Kier alpha value is -1.58. The molecule has 0 spiro atoms. The van der Waals surface area contributed by atoms with Crippen molar-refractivity contribution in [2.45, 2.75) is 46.1 Å². The van der Waals surface area contributed by atoms with Crippen LogP contribution in [0, 0.1) is 5.92 Å². The van der Waals surface area contributed by atoms with Gasteiger partial charge in [-0.05, 0) is 44.7 Å². The first-order valence-corrected chi connectivity index (χ1v) is 7.71. The Labute approximate surface area is 121 Å². The lowest BCUT2D eigenvalue weighted by Gasteiger charge is -2.18. The molecule has 1 aliphatic carbocycles. The van der Waals surface area contributed by atoms with Gasteiger partial charge in [0.25, 0.3) is 5.91 Å². The fourth-order valence-corrected chi connectivity index (χ4v) is 2.64. The molecule has 4 nitrogen and oxygen atoms in total. The summed E-state index contributed by atoms with van der Waals surface area (Å²) < 4.78 is 0. The molecule has 110 valence electrons. The second kappa shape index (κ2) is 6.73. The minimum atomic E-state index is 0.0135. The van der Waals surface area contributed by atoms with Gasteiger partial charge < -0.3 is 10.2 Å². The number of nitrogens with one attached hydrogen (secondary N) is 1. The zero-order valence-corrected chi connectivity index (χ0v) is 12.7. The lowest BCUT2D eigenvalue weighted by molar-refractivity contribution is 0.0767. The molecule has 20 heavy (non-hydrogen) atoms. The molecule has 2 unspecified atom stereocenters. The summed E-state index contributed by atoms with van der Waals surface area (Å²) in [7, 11) is 0. The molecule has 0 saturated heterocycles. The minimum absolute atomic E-state index is 0.0135. The van der Waals surface area contributed by atoms with Crippen LogP contribution in [0.4, 0.5) is 5.69 Å². The first-order valence-electron chi connectivity index (χ1n) is 7.71. The lowest BCUT2D eigenvalue weighted by Crippen LogP contribution is -2.31. The van der Waals surface area contributed by atoms with Crippen molar-refractivity contribution in [3.8, 4) is 0 Å². The monoisotopic (exact) mass is 275 g/mol. The number of nitrogens with zero attached hydrogens (tertiary/aromatic N) is 2. The summed E-state index contributed by atoms with van der Waals surface area (Å²) in [6.07, 6.45) is 5.49. The van der Waals surface area contributed by atoms with Crippen LogP contribution < -0.4 is 5.32 Å². The molecule has 1 aromatic rings. The molecule has 1 saturated carbocycles. The minimum Gasteiger partial charge on any atom is -0.382 e. The van der Waals surface area contributed by atoms with Crippen molar-refractivity contribution in [3.05, 3.63) is 24.0 Å². The number of hydrogen-bond donors (Lipinski definition) is 1. The van der Waals surface area contributed by atoms with Crippen LogP contribution in [-0.2, 0) is 0 Å². The van der Waals surface area contributed by atoms with E-state index in [0.29, 0.717) is 11.7 Å². The maximum atomic E-state index is 12.3. The molecule has 1 fully saturated rings. The maximum absolute atomic E-state index is 12.3. The van der Waals surface area contributed by atoms with E-state index >= 15 is 0 Å². The van der Waals surface area contributed by atoms with E-state index in [1.54, 1.807) is 11.1 Å². The van der Waals surface area contributed by atoms with Crippen LogP contribution in [0.15, 0.2) is 18.3 Å². The molecule has 1 amide bonds. The third kappa shape index (κ3) is 3.50. The van der Waals surface area contributed by atoms with Crippen LogP contribution in [0.1, 0.15) is 50.5 Å². The summed E-state index contributed by atoms with van der Waals surface area (Å²) in [6.45, 7) is 7.64. The van der Waals surface area contributed by atoms with Crippen LogP contribution in [0.5, 0.6) is 0 Å². The predicted octanol–water partition coefficient (Wildman–Crippen LogP) is 3.16. The smallest absolute Gasteiger partial charge is 0.272 e. The van der Waals surface area contributed by atoms with Crippen LogP contribution in [0.3, 0.4) is 0 Å². The molecule has 1 aromatic heterocycles. The molecule has 0 bridgehead atoms. The van der Waals surface area contributed by atoms with Crippen molar-refractivity contribution < 1.29 is 4.79 Å². The third-order valence-corrected chi connectivity index (χ3v) is 3.96. The third-order valence-electron chi connectivity index (χ3n) is 3.96. The van der Waals surface area contributed by atoms with Gasteiger partial charge in [-0.2, -0.15) is 0 Å². The molecule has 1 N–H and O–H groups in total. The SMILES string of the molecule is CCCC1CC1Nc1ccnc(C(=O)N(CC)CC)c1. The molecule has 1 heterocycles. The van der Waals surface area contributed by atoms with Gasteiger partial charge in [0.05, 0.1) is 0 Å². The van der Waals surface area contributed by atoms with Gasteiger partial charge in [0.2, 0.25) is 0 Å². The lowest BCUT2D eigenvalue weighted by atomic mass is 10.2. The molecule has 1 aliphatic rings. The molecular formula is C16H25N3O. The predicted molar refractivity (Wildman–Crippen MR) is 81.9 cm³/mol. The molecule has 2 rings (SSSR count). The summed E-state index contributed by atoms with van der Waals surface area (Å²) in [4.78, 5) is 18.3. The van der Waals surface area contributed by atoms with Gasteiger partial charge in [0.1, 0.15) is 5.69 Å². The van der Waals surface area contributed by atoms with Crippen molar-refractivity contribution in [3.63, 3.8) is 0 Å². The molecule has 2 atom stereocenters. The van der Waals surface area contributed by atoms with E-state index in [1.807, 2.05) is 26.0 Å². The molecule has 0 aromatic carbocycles. The second-order valence-corrected chi connectivity index (χ2v) is 5.44. The number of pyridine rings is 1. The zero-order chi connectivity index (χ0) is 14.5. The Morgan fingerprint density at radius 3 is 2.80 bits per heavy atom. The zero-order valence-electron chi connectivity index (χ0n) is 12.7. The normalized spacial score (nSPS) is 20.6. The van der Waals surface area contributed by atoms with E-state index in [0.717, 1.165) is 24.7 Å². The average Bonchev–Trinajstić information content (AvgIpc) is 3.18. The van der Waals surface area contributed by atoms with Crippen molar-refractivity contribution in [2.24, 2.45) is 5.92 Å². The average molecular weight is 275 g/mol. The number of aromatic nitrogens is 1. The first-order chi connectivity index (χ1) is 9.69. The summed E-state index contributed by atoms with van der Waals surface area (Å²) in [6, 6.07) is 4.40. The fourth-order valence-electron chi connectivity index (χ4n) is 2.64. The molecule has 0 aliphatic heterocycles. The first kappa shape index (κ1) is 14.8. The van der Waals surface area contributed by atoms with Gasteiger partial charge in [-0.3, -0.25) is 9.78 Å². The van der Waals surface area contributed by atoms with Gasteiger partial charge in [0, 0.05) is 31.0 Å². The highest BCUT2D eigenvalue weighted by atomic mass is 16.2. The topological polar surface area (TPSA) is 45.2 Å². The highest BCUT2D eigenvalue weighted by Gasteiger charge is 2.35. The van der Waals surface area contributed by atoms with E-state index in [2.05, 4.69) is 17.2 Å². The molecule has 4 heteroatoms. The highest BCUT2D eigenvalue weighted by molar-refractivity contribution is 5.93. The number of amides is 1. The quantitative estimate of drug-likeness (QED) is 0.831. The van der Waals surface area contributed by atoms with Crippen molar-refractivity contribution >= 4 is 11.6 Å². The van der Waals surface area contributed by atoms with E-state index in [9.17, 15) is 4.79 Å². The van der Waals surface area contributed by atoms with Gasteiger partial charge >= 0.3 is 0 Å². The van der Waals surface area contributed by atoms with E-state index in [-0.39, 0.29) is 5.91 Å². The van der Waals surface area contributed by atoms with Gasteiger partial charge in [-0.25, -0.2) is 0 Å². The molecule has 0 radical (unpaired) electrons. The number of anilines is 1. The van der Waals surface area contributed by atoms with Gasteiger partial charge in [-0.15, -0.1) is 0 Å². The van der Waals surface area contributed by atoms with E-state index in [4.69, 9.17) is 0 Å². The van der Waals surface area contributed by atoms with Crippen LogP contribution in [0.2, 0.25) is 0 Å². The summed E-state index contributed by atoms with van der Waals surface area (Å²) in [5.41, 5.74) is 1.55. The maximum Gasteiger partial charge on any atom is 0.272 e. The Kier molecular flexibility index (Phi) is 4.99. The van der Waals surface area contributed by atoms with Crippen molar-refractivity contribution in [2.75, 3.05) is 18.4 Å². The fraction of sp³-hybridized carbons (Fsp3) is 0.625. The summed E-state index contributed by atoms with van der Waals surface area (Å²) >= 11 is 0. The number of hydrogen-bond acceptors (Lipinski definition) is 3. The van der Waals surface area contributed by atoms with Gasteiger partial charge in [0.15, 0.2) is 0 Å². The number of carbonyl (C=O) groups excluding carboxylic acids is 1. The second-order valence-electron chi connectivity index (χ2n) is 5.44. The van der Waals surface area contributed by atoms with Crippen molar-refractivity contribution in [1.29, 1.82) is 0 Å². The van der Waals surface area contributed by atoms with E-state index in [1.165, 1.54) is 19.3 Å². The Morgan fingerprint density at radius 2 is 2.15 bits per heavy atom.